The highest BCUT2D eigenvalue weighted by Gasteiger charge is 2.13. The van der Waals surface area contributed by atoms with E-state index in [1.807, 2.05) is 0 Å². The van der Waals surface area contributed by atoms with E-state index in [1.165, 1.54) is 32.2 Å². The average Bonchev–Trinajstić information content (AvgIpc) is 2.34. The molecule has 10 heavy (non-hydrogen) atoms. The van der Waals surface area contributed by atoms with Gasteiger partial charge in [0.2, 0.25) is 0 Å². The second-order valence-corrected chi connectivity index (χ2v) is 3.76. The quantitative estimate of drug-likeness (QED) is 0.635. The summed E-state index contributed by atoms with van der Waals surface area (Å²) in [6.45, 7) is 5.85. The molecule has 1 aliphatic rings. The van der Waals surface area contributed by atoms with Crippen LogP contribution in [0.25, 0.3) is 0 Å². The zero-order valence-corrected chi connectivity index (χ0v) is 7.19. The third kappa shape index (κ3) is 2.70. The molecule has 1 heteroatoms. The fourth-order valence-electron chi connectivity index (χ4n) is 1.54. The van der Waals surface area contributed by atoms with Crippen LogP contribution in [0.3, 0.4) is 0 Å². The molecule has 1 N–H and O–H groups in total. The summed E-state index contributed by atoms with van der Waals surface area (Å²) in [5.74, 6) is 0.877. The van der Waals surface area contributed by atoms with Crippen molar-refractivity contribution in [3.63, 3.8) is 0 Å². The largest absolute Gasteiger partial charge is 0.314 e. The average molecular weight is 141 g/mol. The van der Waals surface area contributed by atoms with E-state index in [0.29, 0.717) is 0 Å². The van der Waals surface area contributed by atoms with E-state index >= 15 is 0 Å². The summed E-state index contributed by atoms with van der Waals surface area (Å²) in [5, 5.41) is 3.51. The van der Waals surface area contributed by atoms with Crippen LogP contribution in [0.5, 0.6) is 0 Å². The Kier molecular flexibility index (Phi) is 3.20. The molecule has 1 fully saturated rings. The van der Waals surface area contributed by atoms with Gasteiger partial charge in [0, 0.05) is 6.04 Å². The van der Waals surface area contributed by atoms with E-state index in [-0.39, 0.29) is 0 Å². The summed E-state index contributed by atoms with van der Waals surface area (Å²) in [4.78, 5) is 0. The normalized spacial score (nSPS) is 26.1. The van der Waals surface area contributed by atoms with Crippen LogP contribution in [0.2, 0.25) is 0 Å². The third-order valence-corrected chi connectivity index (χ3v) is 2.25. The molecule has 0 saturated carbocycles. The maximum absolute atomic E-state index is 3.51. The first-order chi connectivity index (χ1) is 4.79. The Hall–Kier alpha value is -0.0400. The van der Waals surface area contributed by atoms with Gasteiger partial charge in [0.05, 0.1) is 0 Å². The van der Waals surface area contributed by atoms with Crippen molar-refractivity contribution < 1.29 is 0 Å². The summed E-state index contributed by atoms with van der Waals surface area (Å²) in [7, 11) is 0. The van der Waals surface area contributed by atoms with Crippen molar-refractivity contribution in [3.05, 3.63) is 0 Å². The third-order valence-electron chi connectivity index (χ3n) is 2.25. The predicted octanol–water partition coefficient (Wildman–Crippen LogP) is 2.17. The van der Waals surface area contributed by atoms with Crippen LogP contribution in [0.15, 0.2) is 0 Å². The molecular weight excluding hydrogens is 122 g/mol. The van der Waals surface area contributed by atoms with E-state index in [0.717, 1.165) is 12.0 Å². The molecule has 60 valence electrons. The van der Waals surface area contributed by atoms with Crippen molar-refractivity contribution in [3.8, 4) is 0 Å². The van der Waals surface area contributed by atoms with Crippen molar-refractivity contribution in [2.45, 2.75) is 45.6 Å². The van der Waals surface area contributed by atoms with Crippen LogP contribution in [0.4, 0.5) is 0 Å². The number of rotatable bonds is 3. The summed E-state index contributed by atoms with van der Waals surface area (Å²) >= 11 is 0. The second kappa shape index (κ2) is 3.97. The van der Waals surface area contributed by atoms with Crippen molar-refractivity contribution in [2.75, 3.05) is 6.54 Å². The van der Waals surface area contributed by atoms with Gasteiger partial charge in [0.15, 0.2) is 0 Å². The maximum Gasteiger partial charge on any atom is 0.00676 e. The fraction of sp³-hybridized carbons (Fsp3) is 1.00. The molecule has 0 bridgehead atoms. The molecular formula is C9H19N. The van der Waals surface area contributed by atoms with Crippen molar-refractivity contribution in [1.82, 2.24) is 5.32 Å². The lowest BCUT2D eigenvalue weighted by Gasteiger charge is -2.10. The van der Waals surface area contributed by atoms with Crippen molar-refractivity contribution in [2.24, 2.45) is 5.92 Å². The van der Waals surface area contributed by atoms with E-state index in [4.69, 9.17) is 0 Å². The van der Waals surface area contributed by atoms with E-state index in [1.54, 1.807) is 0 Å². The van der Waals surface area contributed by atoms with E-state index in [9.17, 15) is 0 Å². The van der Waals surface area contributed by atoms with Gasteiger partial charge in [-0.3, -0.25) is 0 Å². The first kappa shape index (κ1) is 8.06. The lowest BCUT2D eigenvalue weighted by atomic mass is 10.0. The molecule has 1 atom stereocenters. The van der Waals surface area contributed by atoms with Gasteiger partial charge in [0.1, 0.15) is 0 Å². The maximum atomic E-state index is 3.51. The Morgan fingerprint density at radius 2 is 2.30 bits per heavy atom. The molecule has 1 rings (SSSR count). The smallest absolute Gasteiger partial charge is 0.00676 e. The molecule has 1 heterocycles. The molecule has 0 spiro atoms. The lowest BCUT2D eigenvalue weighted by molar-refractivity contribution is 0.471. The van der Waals surface area contributed by atoms with Gasteiger partial charge >= 0.3 is 0 Å². The van der Waals surface area contributed by atoms with Crippen molar-refractivity contribution >= 4 is 0 Å². The Morgan fingerprint density at radius 3 is 2.80 bits per heavy atom. The van der Waals surface area contributed by atoms with Crippen molar-refractivity contribution in [1.29, 1.82) is 0 Å². The molecule has 0 aromatic rings. The number of nitrogens with one attached hydrogen (secondary N) is 1. The van der Waals surface area contributed by atoms with Crippen LogP contribution < -0.4 is 5.32 Å². The fourth-order valence-corrected chi connectivity index (χ4v) is 1.54. The highest BCUT2D eigenvalue weighted by Crippen LogP contribution is 2.13. The van der Waals surface area contributed by atoms with Gasteiger partial charge in [-0.25, -0.2) is 0 Å². The van der Waals surface area contributed by atoms with Gasteiger partial charge in [-0.05, 0) is 38.1 Å². The minimum Gasteiger partial charge on any atom is -0.314 e. The summed E-state index contributed by atoms with van der Waals surface area (Å²) in [6, 6.07) is 0.849. The topological polar surface area (TPSA) is 12.0 Å². The Labute approximate surface area is 64.2 Å². The van der Waals surface area contributed by atoms with E-state index in [2.05, 4.69) is 19.2 Å². The van der Waals surface area contributed by atoms with Crippen LogP contribution in [0.1, 0.15) is 39.5 Å². The summed E-state index contributed by atoms with van der Waals surface area (Å²) in [6.07, 6.45) is 5.57. The van der Waals surface area contributed by atoms with Crippen LogP contribution in [-0.2, 0) is 0 Å². The zero-order chi connectivity index (χ0) is 7.40. The molecule has 1 nitrogen and oxygen atoms in total. The lowest BCUT2D eigenvalue weighted by Crippen LogP contribution is -2.21. The van der Waals surface area contributed by atoms with E-state index < -0.39 is 0 Å². The monoisotopic (exact) mass is 141 g/mol. The minimum atomic E-state index is 0.849. The van der Waals surface area contributed by atoms with Gasteiger partial charge in [0.25, 0.3) is 0 Å². The zero-order valence-electron chi connectivity index (χ0n) is 7.19. The molecule has 1 saturated heterocycles. The SMILES string of the molecule is CC(C)CC[C@@H]1CCCN1. The first-order valence-electron chi connectivity index (χ1n) is 4.52. The van der Waals surface area contributed by atoms with Crippen LogP contribution >= 0.6 is 0 Å². The minimum absolute atomic E-state index is 0.849. The Bertz CT molecular complexity index is 82.7. The molecule has 0 aromatic heterocycles. The van der Waals surface area contributed by atoms with Crippen LogP contribution in [0, 0.1) is 5.92 Å². The Morgan fingerprint density at radius 1 is 1.50 bits per heavy atom. The van der Waals surface area contributed by atoms with Gasteiger partial charge in [-0.1, -0.05) is 13.8 Å². The molecule has 0 aliphatic carbocycles. The molecule has 0 unspecified atom stereocenters. The summed E-state index contributed by atoms with van der Waals surface area (Å²) < 4.78 is 0. The highest BCUT2D eigenvalue weighted by molar-refractivity contribution is 4.73. The molecule has 0 aromatic carbocycles. The number of hydrogen-bond acceptors (Lipinski definition) is 1. The standard InChI is InChI=1S/C9H19N/c1-8(2)5-6-9-4-3-7-10-9/h8-10H,3-7H2,1-2H3/t9-/m0/s1. The molecule has 1 aliphatic heterocycles. The molecule has 0 radical (unpaired) electrons. The number of hydrogen-bond donors (Lipinski definition) is 1. The van der Waals surface area contributed by atoms with Gasteiger partial charge < -0.3 is 5.32 Å². The first-order valence-corrected chi connectivity index (χ1v) is 4.52. The Balaban J connectivity index is 2.01. The highest BCUT2D eigenvalue weighted by atomic mass is 14.9. The van der Waals surface area contributed by atoms with Crippen LogP contribution in [-0.4, -0.2) is 12.6 Å². The summed E-state index contributed by atoms with van der Waals surface area (Å²) in [5.41, 5.74) is 0. The molecule has 0 amide bonds. The second-order valence-electron chi connectivity index (χ2n) is 3.76. The predicted molar refractivity (Wildman–Crippen MR) is 45.1 cm³/mol. The van der Waals surface area contributed by atoms with Gasteiger partial charge in [-0.15, -0.1) is 0 Å². The van der Waals surface area contributed by atoms with Gasteiger partial charge in [-0.2, -0.15) is 0 Å².